The predicted octanol–water partition coefficient (Wildman–Crippen LogP) is 2.81. The van der Waals surface area contributed by atoms with Crippen molar-refractivity contribution in [3.05, 3.63) is 11.9 Å². The van der Waals surface area contributed by atoms with Crippen LogP contribution in [0.4, 0.5) is 5.69 Å². The van der Waals surface area contributed by atoms with Crippen LogP contribution >= 0.6 is 12.4 Å². The van der Waals surface area contributed by atoms with Crippen LogP contribution in [0.15, 0.2) is 6.20 Å². The Kier molecular flexibility index (Phi) is 6.68. The number of halogens is 1. The Labute approximate surface area is 133 Å². The minimum absolute atomic E-state index is 0. The zero-order chi connectivity index (χ0) is 14.7. The average molecular weight is 315 g/mol. The van der Waals surface area contributed by atoms with E-state index in [0.717, 1.165) is 24.2 Å². The molecule has 0 saturated heterocycles. The first-order valence-corrected chi connectivity index (χ1v) is 7.56. The maximum Gasteiger partial charge on any atom is 0.224 e. The summed E-state index contributed by atoms with van der Waals surface area (Å²) in [5.74, 6) is 0.675. The highest BCUT2D eigenvalue weighted by molar-refractivity contribution is 5.91. The summed E-state index contributed by atoms with van der Waals surface area (Å²) in [6, 6.07) is 0.174. The number of nitrogens with zero attached hydrogens (tertiary/aromatic N) is 2. The van der Waals surface area contributed by atoms with Crippen molar-refractivity contribution in [1.29, 1.82) is 0 Å². The normalized spacial score (nSPS) is 22.0. The van der Waals surface area contributed by atoms with E-state index >= 15 is 0 Å². The van der Waals surface area contributed by atoms with Gasteiger partial charge in [-0.25, -0.2) is 0 Å². The monoisotopic (exact) mass is 314 g/mol. The smallest absolute Gasteiger partial charge is 0.224 e. The minimum Gasteiger partial charge on any atom is -0.327 e. The van der Waals surface area contributed by atoms with E-state index in [1.807, 2.05) is 13.2 Å². The molecule has 120 valence electrons. The molecular formula is C15H27ClN4O. The van der Waals surface area contributed by atoms with Gasteiger partial charge >= 0.3 is 0 Å². The summed E-state index contributed by atoms with van der Waals surface area (Å²) < 4.78 is 1.75. The van der Waals surface area contributed by atoms with Crippen LogP contribution in [0.2, 0.25) is 0 Å². The molecule has 21 heavy (non-hydrogen) atoms. The van der Waals surface area contributed by atoms with Gasteiger partial charge in [0.1, 0.15) is 0 Å². The Morgan fingerprint density at radius 2 is 2.14 bits per heavy atom. The zero-order valence-corrected chi connectivity index (χ0v) is 13.9. The van der Waals surface area contributed by atoms with Crippen LogP contribution in [0.5, 0.6) is 0 Å². The second-order valence-corrected chi connectivity index (χ2v) is 6.22. The first-order valence-electron chi connectivity index (χ1n) is 7.56. The zero-order valence-electron chi connectivity index (χ0n) is 13.1. The van der Waals surface area contributed by atoms with Crippen LogP contribution in [-0.4, -0.2) is 21.7 Å². The van der Waals surface area contributed by atoms with Gasteiger partial charge in [0.2, 0.25) is 5.91 Å². The highest BCUT2D eigenvalue weighted by atomic mass is 35.5. The van der Waals surface area contributed by atoms with Gasteiger partial charge < -0.3 is 11.1 Å². The summed E-state index contributed by atoms with van der Waals surface area (Å²) >= 11 is 0. The second-order valence-electron chi connectivity index (χ2n) is 6.22. The van der Waals surface area contributed by atoms with E-state index in [0.29, 0.717) is 18.3 Å². The van der Waals surface area contributed by atoms with E-state index in [9.17, 15) is 4.79 Å². The van der Waals surface area contributed by atoms with Gasteiger partial charge in [-0.2, -0.15) is 5.10 Å². The number of nitrogens with one attached hydrogen (secondary N) is 1. The highest BCUT2D eigenvalue weighted by Crippen LogP contribution is 2.27. The Hall–Kier alpha value is -1.07. The van der Waals surface area contributed by atoms with Crippen molar-refractivity contribution in [3.63, 3.8) is 0 Å². The second kappa shape index (κ2) is 7.80. The van der Waals surface area contributed by atoms with Crippen molar-refractivity contribution in [2.24, 2.45) is 18.7 Å². The van der Waals surface area contributed by atoms with Crippen molar-refractivity contribution < 1.29 is 4.79 Å². The maximum atomic E-state index is 12.2. The van der Waals surface area contributed by atoms with E-state index < -0.39 is 0 Å². The van der Waals surface area contributed by atoms with E-state index in [4.69, 9.17) is 5.73 Å². The van der Waals surface area contributed by atoms with Crippen LogP contribution in [0.3, 0.4) is 0 Å². The molecule has 0 spiro atoms. The SMILES string of the molecule is CC(C)c1nn(C)cc1NC(=O)CC1CCCCC1N.Cl. The molecule has 1 fully saturated rings. The molecule has 0 bridgehead atoms. The van der Waals surface area contributed by atoms with Gasteiger partial charge in [0.15, 0.2) is 0 Å². The number of hydrogen-bond donors (Lipinski definition) is 2. The third-order valence-corrected chi connectivity index (χ3v) is 4.09. The third kappa shape index (κ3) is 4.71. The number of aromatic nitrogens is 2. The van der Waals surface area contributed by atoms with Gasteiger partial charge in [-0.1, -0.05) is 26.7 Å². The number of anilines is 1. The first kappa shape index (κ1) is 18.0. The number of aryl methyl sites for hydroxylation is 1. The largest absolute Gasteiger partial charge is 0.327 e. The van der Waals surface area contributed by atoms with Gasteiger partial charge in [0, 0.05) is 25.7 Å². The molecule has 1 aromatic rings. The lowest BCUT2D eigenvalue weighted by Crippen LogP contribution is -2.35. The fourth-order valence-corrected chi connectivity index (χ4v) is 2.96. The Morgan fingerprint density at radius 1 is 1.48 bits per heavy atom. The summed E-state index contributed by atoms with van der Waals surface area (Å²) in [6.07, 6.45) is 6.89. The number of carbonyl (C=O) groups is 1. The van der Waals surface area contributed by atoms with E-state index in [2.05, 4.69) is 24.3 Å². The lowest BCUT2D eigenvalue weighted by molar-refractivity contribution is -0.117. The number of rotatable bonds is 4. The van der Waals surface area contributed by atoms with Crippen molar-refractivity contribution >= 4 is 24.0 Å². The lowest BCUT2D eigenvalue weighted by Gasteiger charge is -2.27. The molecule has 3 N–H and O–H groups in total. The molecule has 1 aromatic heterocycles. The molecule has 0 aliphatic heterocycles. The van der Waals surface area contributed by atoms with Gasteiger partial charge in [-0.15, -0.1) is 12.4 Å². The van der Waals surface area contributed by atoms with E-state index in [-0.39, 0.29) is 24.4 Å². The Bertz CT molecular complexity index is 472. The fourth-order valence-electron chi connectivity index (χ4n) is 2.96. The molecule has 1 saturated carbocycles. The topological polar surface area (TPSA) is 72.9 Å². The highest BCUT2D eigenvalue weighted by Gasteiger charge is 2.24. The van der Waals surface area contributed by atoms with Crippen molar-refractivity contribution in [2.45, 2.75) is 57.9 Å². The molecule has 2 unspecified atom stereocenters. The summed E-state index contributed by atoms with van der Waals surface area (Å²) in [7, 11) is 1.87. The molecular weight excluding hydrogens is 288 g/mol. The quantitative estimate of drug-likeness (QED) is 0.897. The first-order chi connectivity index (χ1) is 9.47. The molecule has 1 aliphatic carbocycles. The van der Waals surface area contributed by atoms with Crippen LogP contribution in [0.1, 0.15) is 57.6 Å². The van der Waals surface area contributed by atoms with Crippen molar-refractivity contribution in [1.82, 2.24) is 9.78 Å². The molecule has 1 amide bonds. The van der Waals surface area contributed by atoms with Crippen LogP contribution in [0, 0.1) is 5.92 Å². The number of nitrogens with two attached hydrogens (primary N) is 1. The summed E-state index contributed by atoms with van der Waals surface area (Å²) in [5.41, 5.74) is 7.88. The van der Waals surface area contributed by atoms with Crippen LogP contribution in [0.25, 0.3) is 0 Å². The van der Waals surface area contributed by atoms with Crippen molar-refractivity contribution in [3.8, 4) is 0 Å². The third-order valence-electron chi connectivity index (χ3n) is 4.09. The van der Waals surface area contributed by atoms with Gasteiger partial charge in [0.25, 0.3) is 0 Å². The summed E-state index contributed by atoms with van der Waals surface area (Å²) in [6.45, 7) is 4.16. The molecule has 6 heteroatoms. The summed E-state index contributed by atoms with van der Waals surface area (Å²) in [4.78, 5) is 12.2. The predicted molar refractivity (Wildman–Crippen MR) is 87.7 cm³/mol. The number of carbonyl (C=O) groups excluding carboxylic acids is 1. The molecule has 1 aliphatic rings. The van der Waals surface area contributed by atoms with Crippen LogP contribution in [-0.2, 0) is 11.8 Å². The lowest BCUT2D eigenvalue weighted by atomic mass is 9.83. The molecule has 2 rings (SSSR count). The molecule has 1 heterocycles. The standard InChI is InChI=1S/C15H26N4O.ClH/c1-10(2)15-13(9-19(3)18-15)17-14(20)8-11-6-4-5-7-12(11)16;/h9-12H,4-8,16H2,1-3H3,(H,17,20);1H. The fraction of sp³-hybridized carbons (Fsp3) is 0.733. The molecule has 0 radical (unpaired) electrons. The molecule has 5 nitrogen and oxygen atoms in total. The Balaban J connectivity index is 0.00000220. The molecule has 0 aromatic carbocycles. The number of amides is 1. The summed E-state index contributed by atoms with van der Waals surface area (Å²) in [5, 5.41) is 7.40. The molecule has 2 atom stereocenters. The average Bonchev–Trinajstić information content (AvgIpc) is 2.73. The van der Waals surface area contributed by atoms with E-state index in [1.54, 1.807) is 4.68 Å². The van der Waals surface area contributed by atoms with E-state index in [1.165, 1.54) is 12.8 Å². The van der Waals surface area contributed by atoms with Crippen LogP contribution < -0.4 is 11.1 Å². The maximum absolute atomic E-state index is 12.2. The number of hydrogen-bond acceptors (Lipinski definition) is 3. The van der Waals surface area contributed by atoms with Gasteiger partial charge in [-0.05, 0) is 24.7 Å². The van der Waals surface area contributed by atoms with Gasteiger partial charge in [0.05, 0.1) is 11.4 Å². The minimum atomic E-state index is 0. The Morgan fingerprint density at radius 3 is 2.76 bits per heavy atom. The van der Waals surface area contributed by atoms with Crippen molar-refractivity contribution in [2.75, 3.05) is 5.32 Å². The van der Waals surface area contributed by atoms with Gasteiger partial charge in [-0.3, -0.25) is 9.48 Å².